The van der Waals surface area contributed by atoms with Crippen LogP contribution >= 0.6 is 0 Å². The van der Waals surface area contributed by atoms with E-state index in [4.69, 9.17) is 0 Å². The van der Waals surface area contributed by atoms with Crippen LogP contribution in [-0.2, 0) is 36.0 Å². The van der Waals surface area contributed by atoms with E-state index >= 15 is 0 Å². The molecule has 0 radical (unpaired) electrons. The lowest BCUT2D eigenvalue weighted by Crippen LogP contribution is -2.48. The van der Waals surface area contributed by atoms with Crippen LogP contribution in [0.3, 0.4) is 0 Å². The van der Waals surface area contributed by atoms with Gasteiger partial charge in [0.2, 0.25) is 10.0 Å². The molecular weight excluding hydrogens is 540 g/mol. The topological polar surface area (TPSA) is 129 Å². The van der Waals surface area contributed by atoms with Crippen molar-refractivity contribution in [3.63, 3.8) is 0 Å². The summed E-state index contributed by atoms with van der Waals surface area (Å²) in [7, 11) is -2.00. The van der Waals surface area contributed by atoms with Gasteiger partial charge in [-0.3, -0.25) is 19.1 Å². The summed E-state index contributed by atoms with van der Waals surface area (Å²) in [6.45, 7) is 4.91. The highest BCUT2D eigenvalue weighted by Crippen LogP contribution is 2.35. The summed E-state index contributed by atoms with van der Waals surface area (Å²) in [4.78, 5) is 22.3. The molecule has 216 valence electrons. The van der Waals surface area contributed by atoms with E-state index in [2.05, 4.69) is 20.6 Å². The third kappa shape index (κ3) is 6.27. The van der Waals surface area contributed by atoms with Crippen molar-refractivity contribution in [1.82, 2.24) is 25.2 Å². The Kier molecular flexibility index (Phi) is 8.39. The smallest absolute Gasteiger partial charge is 0.251 e. The first-order chi connectivity index (χ1) is 19.7. The van der Waals surface area contributed by atoms with Crippen LogP contribution in [0.2, 0.25) is 0 Å². The first kappa shape index (κ1) is 28.7. The van der Waals surface area contributed by atoms with Crippen LogP contribution in [0.1, 0.15) is 39.8 Å². The maximum absolute atomic E-state index is 13.7. The van der Waals surface area contributed by atoms with E-state index in [9.17, 15) is 18.3 Å². The molecule has 1 aliphatic heterocycles. The van der Waals surface area contributed by atoms with Crippen molar-refractivity contribution in [2.24, 2.45) is 0 Å². The minimum atomic E-state index is -3.53. The van der Waals surface area contributed by atoms with Crippen molar-refractivity contribution in [3.8, 4) is 0 Å². The number of carbonyl (C=O) groups is 1. The molecule has 0 saturated carbocycles. The van der Waals surface area contributed by atoms with Crippen LogP contribution in [0, 0.1) is 6.92 Å². The fourth-order valence-corrected chi connectivity index (χ4v) is 6.36. The second-order valence-corrected chi connectivity index (χ2v) is 12.6. The Balaban J connectivity index is 1.41. The zero-order valence-electron chi connectivity index (χ0n) is 23.5. The van der Waals surface area contributed by atoms with Crippen molar-refractivity contribution in [2.75, 3.05) is 23.7 Å². The normalized spacial score (nSPS) is 15.9. The Labute approximate surface area is 240 Å². The van der Waals surface area contributed by atoms with Crippen LogP contribution in [0.4, 0.5) is 5.69 Å². The van der Waals surface area contributed by atoms with Gasteiger partial charge in [0, 0.05) is 56.2 Å². The number of rotatable bonds is 10. The molecule has 0 spiro atoms. The lowest BCUT2D eigenvalue weighted by Gasteiger charge is -2.25. The lowest BCUT2D eigenvalue weighted by atomic mass is 10.00. The summed E-state index contributed by atoms with van der Waals surface area (Å²) in [6, 6.07) is 12.5. The summed E-state index contributed by atoms with van der Waals surface area (Å²) in [5.41, 5.74) is 5.23. The molecule has 0 bridgehead atoms. The highest BCUT2D eigenvalue weighted by Gasteiger charge is 2.29. The Morgan fingerprint density at radius 3 is 2.63 bits per heavy atom. The SMILES string of the molecule is CCc1cn2c3c(cc(C(=O)N[C@@H](Cc4ccccc4)[C@H](O)CNCc4cnc(C)cn4)cc13)N(C)S(=O)(=O)CC2. The number of anilines is 1. The van der Waals surface area contributed by atoms with Crippen LogP contribution in [-0.4, -0.2) is 65.5 Å². The molecule has 2 aromatic heterocycles. The number of aromatic nitrogens is 3. The molecule has 0 fully saturated rings. The number of aliphatic hydroxyl groups is 1. The predicted octanol–water partition coefficient (Wildman–Crippen LogP) is 2.57. The molecule has 0 saturated heterocycles. The van der Waals surface area contributed by atoms with Gasteiger partial charge < -0.3 is 20.3 Å². The molecule has 5 rings (SSSR count). The Hall–Kier alpha value is -3.80. The average molecular weight is 577 g/mol. The maximum atomic E-state index is 13.7. The van der Waals surface area contributed by atoms with Gasteiger partial charge in [0.15, 0.2) is 0 Å². The number of amides is 1. The number of aliphatic hydroxyl groups excluding tert-OH is 1. The summed E-state index contributed by atoms with van der Waals surface area (Å²) in [5.74, 6) is -0.392. The number of nitrogens with zero attached hydrogens (tertiary/aromatic N) is 4. The fraction of sp³-hybridized carbons (Fsp3) is 0.367. The Bertz CT molecular complexity index is 1640. The molecule has 1 aliphatic rings. The van der Waals surface area contributed by atoms with Gasteiger partial charge in [-0.15, -0.1) is 0 Å². The zero-order chi connectivity index (χ0) is 29.1. The van der Waals surface area contributed by atoms with Crippen LogP contribution in [0.5, 0.6) is 0 Å². The minimum Gasteiger partial charge on any atom is -0.390 e. The van der Waals surface area contributed by atoms with E-state index in [-0.39, 0.29) is 18.2 Å². The maximum Gasteiger partial charge on any atom is 0.251 e. The average Bonchev–Trinajstić information content (AvgIpc) is 3.30. The van der Waals surface area contributed by atoms with Crippen LogP contribution in [0.25, 0.3) is 10.9 Å². The van der Waals surface area contributed by atoms with Gasteiger partial charge in [0.25, 0.3) is 5.91 Å². The quantitative estimate of drug-likeness (QED) is 0.265. The van der Waals surface area contributed by atoms with E-state index in [1.54, 1.807) is 18.5 Å². The van der Waals surface area contributed by atoms with Gasteiger partial charge >= 0.3 is 0 Å². The molecule has 41 heavy (non-hydrogen) atoms. The van der Waals surface area contributed by atoms with Crippen LogP contribution in [0.15, 0.2) is 61.1 Å². The summed E-state index contributed by atoms with van der Waals surface area (Å²) >= 11 is 0. The Morgan fingerprint density at radius 2 is 1.93 bits per heavy atom. The molecule has 11 heteroatoms. The first-order valence-corrected chi connectivity index (χ1v) is 15.4. The number of sulfonamides is 1. The van der Waals surface area contributed by atoms with Crippen molar-refractivity contribution >= 4 is 32.5 Å². The predicted molar refractivity (Wildman–Crippen MR) is 159 cm³/mol. The summed E-state index contributed by atoms with van der Waals surface area (Å²) < 4.78 is 29.0. The monoisotopic (exact) mass is 576 g/mol. The number of carbonyl (C=O) groups excluding carboxylic acids is 1. The second-order valence-electron chi connectivity index (χ2n) is 10.5. The van der Waals surface area contributed by atoms with Crippen molar-refractivity contribution in [2.45, 2.75) is 51.9 Å². The van der Waals surface area contributed by atoms with E-state index in [1.807, 2.05) is 61.0 Å². The Morgan fingerprint density at radius 1 is 1.15 bits per heavy atom. The number of benzene rings is 2. The molecule has 3 N–H and O–H groups in total. The zero-order valence-corrected chi connectivity index (χ0v) is 24.4. The van der Waals surface area contributed by atoms with Crippen molar-refractivity contribution in [3.05, 3.63) is 89.1 Å². The largest absolute Gasteiger partial charge is 0.390 e. The highest BCUT2D eigenvalue weighted by atomic mass is 32.2. The van der Waals surface area contributed by atoms with Gasteiger partial charge in [0.1, 0.15) is 0 Å². The minimum absolute atomic E-state index is 0.0147. The third-order valence-corrected chi connectivity index (χ3v) is 9.33. The van der Waals surface area contributed by atoms with Gasteiger partial charge in [0.05, 0.1) is 40.5 Å². The molecular formula is C30H36N6O4S. The van der Waals surface area contributed by atoms with Crippen molar-refractivity contribution in [1.29, 1.82) is 0 Å². The molecule has 0 unspecified atom stereocenters. The van der Waals surface area contributed by atoms with E-state index in [0.29, 0.717) is 30.8 Å². The van der Waals surface area contributed by atoms with E-state index in [1.165, 1.54) is 11.4 Å². The molecule has 4 aromatic rings. The van der Waals surface area contributed by atoms with E-state index < -0.39 is 22.2 Å². The summed E-state index contributed by atoms with van der Waals surface area (Å²) in [6.07, 6.45) is 5.63. The second kappa shape index (κ2) is 12.0. The molecule has 0 aliphatic carbocycles. The molecule has 1 amide bonds. The number of nitrogens with one attached hydrogen (secondary N) is 2. The molecule has 10 nitrogen and oxygen atoms in total. The highest BCUT2D eigenvalue weighted by molar-refractivity contribution is 7.92. The number of hydrogen-bond donors (Lipinski definition) is 3. The summed E-state index contributed by atoms with van der Waals surface area (Å²) in [5, 5.41) is 18.3. The van der Waals surface area contributed by atoms with E-state index in [0.717, 1.165) is 39.8 Å². The molecule has 2 aromatic carbocycles. The first-order valence-electron chi connectivity index (χ1n) is 13.8. The number of hydrogen-bond acceptors (Lipinski definition) is 7. The molecule has 2 atom stereocenters. The van der Waals surface area contributed by atoms with Gasteiger partial charge in [-0.1, -0.05) is 37.3 Å². The lowest BCUT2D eigenvalue weighted by molar-refractivity contribution is 0.0830. The van der Waals surface area contributed by atoms with Gasteiger partial charge in [-0.25, -0.2) is 8.42 Å². The number of aryl methyl sites for hydroxylation is 3. The molecule has 3 heterocycles. The van der Waals surface area contributed by atoms with Gasteiger partial charge in [-0.05, 0) is 43.0 Å². The van der Waals surface area contributed by atoms with Gasteiger partial charge in [-0.2, -0.15) is 0 Å². The third-order valence-electron chi connectivity index (χ3n) is 7.60. The van der Waals surface area contributed by atoms with Crippen LogP contribution < -0.4 is 14.9 Å². The standard InChI is InChI=1S/C30H36N6O4S/c1-4-22-19-36-10-11-41(39,40)35(3)27-14-23(13-25(22)29(27)36)30(38)34-26(12-21-8-6-5-7-9-21)28(37)18-31-16-24-17-32-20(2)15-33-24/h5-9,13-15,17,19,26,28,31,37H,4,10-12,16,18H2,1-3H3,(H,34,38)/t26-,28+/m0/s1. The van der Waals surface area contributed by atoms with Crippen molar-refractivity contribution < 1.29 is 18.3 Å². The fourth-order valence-electron chi connectivity index (χ4n) is 5.22.